The minimum atomic E-state index is -0.386. The molecule has 8 nitrogen and oxygen atoms in total. The number of amides is 3. The van der Waals surface area contributed by atoms with Gasteiger partial charge in [0.25, 0.3) is 17.7 Å². The van der Waals surface area contributed by atoms with E-state index in [4.69, 9.17) is 9.47 Å². The van der Waals surface area contributed by atoms with Gasteiger partial charge in [0.15, 0.2) is 0 Å². The Hall–Kier alpha value is -2.94. The van der Waals surface area contributed by atoms with Crippen LogP contribution in [-0.4, -0.2) is 74.0 Å². The molecule has 0 bridgehead atoms. The van der Waals surface area contributed by atoms with Crippen molar-refractivity contribution in [3.05, 3.63) is 64.7 Å². The minimum Gasteiger partial charge on any atom is -0.497 e. The van der Waals surface area contributed by atoms with Crippen LogP contribution in [0.15, 0.2) is 42.5 Å². The molecule has 0 saturated carbocycles. The van der Waals surface area contributed by atoms with Crippen LogP contribution in [0.3, 0.4) is 0 Å². The van der Waals surface area contributed by atoms with Crippen LogP contribution < -0.4 is 10.1 Å². The van der Waals surface area contributed by atoms with Gasteiger partial charge in [-0.3, -0.25) is 24.2 Å². The lowest BCUT2D eigenvalue weighted by Gasteiger charge is -2.26. The quantitative estimate of drug-likeness (QED) is 0.468. The summed E-state index contributed by atoms with van der Waals surface area (Å²) in [5.74, 6) is -0.276. The van der Waals surface area contributed by atoms with Gasteiger partial charge in [0.1, 0.15) is 5.75 Å². The number of carbonyl (C=O) groups is 3. The summed E-state index contributed by atoms with van der Waals surface area (Å²) in [6.45, 7) is 4.96. The first-order chi connectivity index (χ1) is 15.6. The van der Waals surface area contributed by atoms with E-state index in [-0.39, 0.29) is 42.2 Å². The number of morpholine rings is 1. The number of methoxy groups -OCH3 is 1. The summed E-state index contributed by atoms with van der Waals surface area (Å²) in [5, 5.41) is 2.90. The fraction of sp³-hybridized carbons (Fsp3) is 0.375. The lowest BCUT2D eigenvalue weighted by molar-refractivity contribution is 0.0374. The number of hydrogen-bond donors (Lipinski definition) is 1. The Morgan fingerprint density at radius 3 is 2.42 bits per heavy atom. The largest absolute Gasteiger partial charge is 0.497 e. The normalized spacial score (nSPS) is 15.7. The number of halogens is 1. The number of hydrogen-bond acceptors (Lipinski definition) is 6. The van der Waals surface area contributed by atoms with Crippen LogP contribution in [0.5, 0.6) is 5.75 Å². The fourth-order valence-corrected chi connectivity index (χ4v) is 3.92. The Labute approximate surface area is 199 Å². The number of imide groups is 1. The maximum Gasteiger partial charge on any atom is 0.261 e. The molecular formula is C24H28ClN3O5. The van der Waals surface area contributed by atoms with Crippen molar-refractivity contribution >= 4 is 30.1 Å². The topological polar surface area (TPSA) is 88.2 Å². The van der Waals surface area contributed by atoms with Crippen molar-refractivity contribution < 1.29 is 23.9 Å². The molecule has 4 rings (SSSR count). The molecule has 2 aliphatic rings. The number of nitrogens with zero attached hydrogens (tertiary/aromatic N) is 2. The van der Waals surface area contributed by atoms with Gasteiger partial charge in [-0.25, -0.2) is 0 Å². The van der Waals surface area contributed by atoms with Crippen LogP contribution >= 0.6 is 12.4 Å². The zero-order valence-corrected chi connectivity index (χ0v) is 19.4. The van der Waals surface area contributed by atoms with Crippen molar-refractivity contribution in [2.45, 2.75) is 13.0 Å². The van der Waals surface area contributed by atoms with Crippen molar-refractivity contribution in [3.63, 3.8) is 0 Å². The zero-order valence-electron chi connectivity index (χ0n) is 18.5. The molecule has 0 atom stereocenters. The zero-order chi connectivity index (χ0) is 22.5. The standard InChI is InChI=1S/C24H27N3O5.ClH/c1-31-19-6-3-17(4-7-19)16-27-23(29)20-8-5-18(15-21(20)24(27)30)22(28)25-9-2-10-26-11-13-32-14-12-26;/h3-8,15H,2,9-14,16H2,1H3,(H,25,28);1H. The third-order valence-corrected chi connectivity index (χ3v) is 5.77. The highest BCUT2D eigenvalue weighted by molar-refractivity contribution is 6.22. The van der Waals surface area contributed by atoms with E-state index in [1.165, 1.54) is 11.0 Å². The molecule has 176 valence electrons. The molecule has 1 fully saturated rings. The number of carbonyl (C=O) groups excluding carboxylic acids is 3. The molecule has 2 aliphatic heterocycles. The summed E-state index contributed by atoms with van der Waals surface area (Å²) in [6, 6.07) is 11.9. The molecule has 3 amide bonds. The highest BCUT2D eigenvalue weighted by atomic mass is 35.5. The Morgan fingerprint density at radius 2 is 1.73 bits per heavy atom. The smallest absolute Gasteiger partial charge is 0.261 e. The number of nitrogens with one attached hydrogen (secondary N) is 1. The van der Waals surface area contributed by atoms with E-state index < -0.39 is 0 Å². The number of ether oxygens (including phenoxy) is 2. The molecule has 2 aromatic rings. The summed E-state index contributed by atoms with van der Waals surface area (Å²) in [6.07, 6.45) is 0.837. The Morgan fingerprint density at radius 1 is 1.03 bits per heavy atom. The van der Waals surface area contributed by atoms with E-state index in [1.54, 1.807) is 31.4 Å². The van der Waals surface area contributed by atoms with Crippen LogP contribution in [0.4, 0.5) is 0 Å². The van der Waals surface area contributed by atoms with Gasteiger partial charge in [0, 0.05) is 25.2 Å². The molecule has 1 N–H and O–H groups in total. The Kier molecular flexibility index (Phi) is 8.43. The van der Waals surface area contributed by atoms with Gasteiger partial charge in [-0.2, -0.15) is 0 Å². The molecule has 0 aromatic heterocycles. The molecule has 0 spiro atoms. The predicted octanol–water partition coefficient (Wildman–Crippen LogP) is 2.37. The average molecular weight is 474 g/mol. The van der Waals surface area contributed by atoms with E-state index >= 15 is 0 Å². The molecule has 2 aromatic carbocycles. The van der Waals surface area contributed by atoms with Crippen LogP contribution in [-0.2, 0) is 11.3 Å². The van der Waals surface area contributed by atoms with Crippen molar-refractivity contribution in [1.29, 1.82) is 0 Å². The second kappa shape index (κ2) is 11.3. The van der Waals surface area contributed by atoms with E-state index in [9.17, 15) is 14.4 Å². The van der Waals surface area contributed by atoms with Crippen LogP contribution in [0.25, 0.3) is 0 Å². The first kappa shape index (κ1) is 24.7. The van der Waals surface area contributed by atoms with Crippen LogP contribution in [0, 0.1) is 0 Å². The van der Waals surface area contributed by atoms with E-state index in [0.29, 0.717) is 23.4 Å². The van der Waals surface area contributed by atoms with Crippen LogP contribution in [0.1, 0.15) is 43.1 Å². The summed E-state index contributed by atoms with van der Waals surface area (Å²) in [5.41, 5.74) is 1.79. The molecule has 2 heterocycles. The second-order valence-corrected chi connectivity index (χ2v) is 7.87. The molecular weight excluding hydrogens is 446 g/mol. The number of benzene rings is 2. The first-order valence-corrected chi connectivity index (χ1v) is 10.8. The molecule has 0 aliphatic carbocycles. The SMILES string of the molecule is COc1ccc(CN2C(=O)c3ccc(C(=O)NCCCN4CCOCC4)cc3C2=O)cc1.Cl. The number of rotatable bonds is 8. The molecule has 9 heteroatoms. The summed E-state index contributed by atoms with van der Waals surface area (Å²) < 4.78 is 10.5. The van der Waals surface area contributed by atoms with Crippen molar-refractivity contribution in [2.75, 3.05) is 46.5 Å². The predicted molar refractivity (Wildman–Crippen MR) is 125 cm³/mol. The van der Waals surface area contributed by atoms with Crippen molar-refractivity contribution in [1.82, 2.24) is 15.1 Å². The summed E-state index contributed by atoms with van der Waals surface area (Å²) in [4.78, 5) is 41.7. The summed E-state index contributed by atoms with van der Waals surface area (Å²) in [7, 11) is 1.58. The average Bonchev–Trinajstić information content (AvgIpc) is 3.07. The van der Waals surface area contributed by atoms with Gasteiger partial charge in [0.05, 0.1) is 38.0 Å². The van der Waals surface area contributed by atoms with Crippen molar-refractivity contribution in [3.8, 4) is 5.75 Å². The monoisotopic (exact) mass is 473 g/mol. The van der Waals surface area contributed by atoms with E-state index in [1.807, 2.05) is 12.1 Å². The van der Waals surface area contributed by atoms with Gasteiger partial charge in [-0.1, -0.05) is 12.1 Å². The minimum absolute atomic E-state index is 0. The van der Waals surface area contributed by atoms with Gasteiger partial charge in [-0.15, -0.1) is 12.4 Å². The van der Waals surface area contributed by atoms with Gasteiger partial charge >= 0.3 is 0 Å². The highest BCUT2D eigenvalue weighted by Gasteiger charge is 2.36. The second-order valence-electron chi connectivity index (χ2n) is 7.87. The van der Waals surface area contributed by atoms with Crippen molar-refractivity contribution in [2.24, 2.45) is 0 Å². The molecule has 1 saturated heterocycles. The van der Waals surface area contributed by atoms with E-state index in [2.05, 4.69) is 10.2 Å². The molecule has 0 radical (unpaired) electrons. The number of fused-ring (bicyclic) bond motifs is 1. The molecule has 0 unspecified atom stereocenters. The Balaban J connectivity index is 0.00000306. The van der Waals surface area contributed by atoms with Gasteiger partial charge in [0.2, 0.25) is 0 Å². The Bertz CT molecular complexity index is 1010. The highest BCUT2D eigenvalue weighted by Crippen LogP contribution is 2.26. The third-order valence-electron chi connectivity index (χ3n) is 5.77. The van der Waals surface area contributed by atoms with Crippen LogP contribution in [0.2, 0.25) is 0 Å². The lowest BCUT2D eigenvalue weighted by atomic mass is 10.1. The lowest BCUT2D eigenvalue weighted by Crippen LogP contribution is -2.38. The molecule has 33 heavy (non-hydrogen) atoms. The summed E-state index contributed by atoms with van der Waals surface area (Å²) >= 11 is 0. The van der Waals surface area contributed by atoms with E-state index in [0.717, 1.165) is 44.8 Å². The third kappa shape index (κ3) is 5.71. The first-order valence-electron chi connectivity index (χ1n) is 10.8. The maximum absolute atomic E-state index is 12.9. The maximum atomic E-state index is 12.9. The van der Waals surface area contributed by atoms with Gasteiger partial charge < -0.3 is 14.8 Å². The fourth-order valence-electron chi connectivity index (χ4n) is 3.92. The van der Waals surface area contributed by atoms with Gasteiger partial charge in [-0.05, 0) is 48.9 Å².